The van der Waals surface area contributed by atoms with E-state index in [2.05, 4.69) is 15.0 Å². The number of aromatic nitrogens is 3. The summed E-state index contributed by atoms with van der Waals surface area (Å²) in [6.07, 6.45) is 2.41. The molecule has 2 atom stereocenters. The van der Waals surface area contributed by atoms with Crippen molar-refractivity contribution in [3.8, 4) is 0 Å². The second-order valence-electron chi connectivity index (χ2n) is 6.30. The average molecular weight is 346 g/mol. The zero-order valence-electron chi connectivity index (χ0n) is 14.5. The number of hydrogen-bond acceptors (Lipinski definition) is 4. The van der Waals surface area contributed by atoms with E-state index in [1.54, 1.807) is 19.2 Å². The lowest BCUT2D eigenvalue weighted by Crippen LogP contribution is -2.35. The number of nitrogens with one attached hydrogen (secondary N) is 1. The van der Waals surface area contributed by atoms with Gasteiger partial charge in [-0.3, -0.25) is 9.48 Å². The molecular weight excluding hydrogens is 324 g/mol. The lowest BCUT2D eigenvalue weighted by molar-refractivity contribution is -0.139. The van der Waals surface area contributed by atoms with Crippen LogP contribution in [0.1, 0.15) is 45.9 Å². The number of carboxylic acid groups (broad SMARTS) is 1. The Morgan fingerprint density at radius 2 is 2.20 bits per heavy atom. The fraction of sp³-hybridized carbons (Fsp3) is 0.471. The van der Waals surface area contributed by atoms with Crippen LogP contribution in [0.5, 0.6) is 0 Å². The quantitative estimate of drug-likeness (QED) is 0.852. The van der Waals surface area contributed by atoms with Crippen molar-refractivity contribution in [2.24, 2.45) is 7.05 Å². The Bertz CT molecular complexity index is 802. The zero-order valence-corrected chi connectivity index (χ0v) is 14.5. The van der Waals surface area contributed by atoms with Gasteiger partial charge in [0.1, 0.15) is 0 Å². The predicted molar refractivity (Wildman–Crippen MR) is 89.4 cm³/mol. The summed E-state index contributed by atoms with van der Waals surface area (Å²) in [5, 5.41) is 16.1. The number of nitrogens with zero attached hydrogens (tertiary/aromatic N) is 3. The molecule has 1 fully saturated rings. The smallest absolute Gasteiger partial charge is 0.332 e. The third kappa shape index (κ3) is 3.17. The van der Waals surface area contributed by atoms with Crippen LogP contribution in [-0.4, -0.2) is 44.5 Å². The topological polar surface area (TPSA) is 98.4 Å². The minimum absolute atomic E-state index is 0.217. The van der Waals surface area contributed by atoms with Gasteiger partial charge in [0.25, 0.3) is 5.91 Å². The van der Waals surface area contributed by atoms with Crippen molar-refractivity contribution in [1.82, 2.24) is 19.7 Å². The van der Waals surface area contributed by atoms with Crippen molar-refractivity contribution in [2.75, 3.05) is 13.2 Å². The highest BCUT2D eigenvalue weighted by molar-refractivity contribution is 5.98. The van der Waals surface area contributed by atoms with E-state index in [1.807, 2.05) is 13.8 Å². The molecule has 2 unspecified atom stereocenters. The fourth-order valence-electron chi connectivity index (χ4n) is 3.43. The molecule has 2 N–H and O–H groups in total. The van der Waals surface area contributed by atoms with Crippen LogP contribution in [-0.2, 0) is 16.6 Å². The molecule has 3 rings (SSSR count). The summed E-state index contributed by atoms with van der Waals surface area (Å²) >= 11 is 0. The summed E-state index contributed by atoms with van der Waals surface area (Å²) in [5.74, 6) is -1.54. The first-order valence-corrected chi connectivity index (χ1v) is 8.18. The number of carbonyl (C=O) groups excluding carboxylic acids is 1. The fourth-order valence-corrected chi connectivity index (χ4v) is 3.43. The van der Waals surface area contributed by atoms with Gasteiger partial charge in [0.15, 0.2) is 6.04 Å². The Morgan fingerprint density at radius 3 is 2.76 bits per heavy atom. The molecule has 0 aromatic carbocycles. The van der Waals surface area contributed by atoms with Crippen molar-refractivity contribution >= 4 is 11.9 Å². The summed E-state index contributed by atoms with van der Waals surface area (Å²) in [4.78, 5) is 24.3. The normalized spacial score (nSPS) is 18.3. The molecule has 0 radical (unpaired) electrons. The average Bonchev–Trinajstić information content (AvgIpc) is 3.26. The molecule has 0 aliphatic carbocycles. The molecular formula is C17H22N4O4. The van der Waals surface area contributed by atoms with E-state index in [4.69, 9.17) is 4.74 Å². The van der Waals surface area contributed by atoms with Crippen molar-refractivity contribution < 1.29 is 19.4 Å². The number of ether oxygens (including phenoxy) is 1. The number of carbonyl (C=O) groups is 2. The second-order valence-corrected chi connectivity index (χ2v) is 6.30. The molecule has 0 spiro atoms. The van der Waals surface area contributed by atoms with Crippen LogP contribution in [0.3, 0.4) is 0 Å². The van der Waals surface area contributed by atoms with E-state index in [1.165, 1.54) is 10.9 Å². The van der Waals surface area contributed by atoms with Crippen LogP contribution in [0.2, 0.25) is 0 Å². The molecule has 1 aliphatic rings. The summed E-state index contributed by atoms with van der Waals surface area (Å²) in [5.41, 5.74) is 2.68. The minimum atomic E-state index is -1.15. The van der Waals surface area contributed by atoms with Gasteiger partial charge in [0.2, 0.25) is 0 Å². The van der Waals surface area contributed by atoms with Gasteiger partial charge in [-0.15, -0.1) is 0 Å². The van der Waals surface area contributed by atoms with Crippen LogP contribution < -0.4 is 5.32 Å². The molecule has 2 aromatic rings. The van der Waals surface area contributed by atoms with Crippen molar-refractivity contribution in [3.63, 3.8) is 0 Å². The van der Waals surface area contributed by atoms with Crippen LogP contribution in [0.15, 0.2) is 18.3 Å². The van der Waals surface area contributed by atoms with Crippen LogP contribution >= 0.6 is 0 Å². The highest BCUT2D eigenvalue weighted by Gasteiger charge is 2.28. The summed E-state index contributed by atoms with van der Waals surface area (Å²) in [6.45, 7) is 5.16. The maximum atomic E-state index is 12.7. The summed E-state index contributed by atoms with van der Waals surface area (Å²) in [7, 11) is 1.64. The number of aliphatic carboxylic acids is 1. The Kier molecular flexibility index (Phi) is 4.63. The SMILES string of the molecule is Cc1cc(C(=O)NC(C(=O)O)c2ccnn2C)c(C)n1C1CCOC1. The molecule has 0 saturated carbocycles. The van der Waals surface area contributed by atoms with E-state index in [9.17, 15) is 14.7 Å². The molecule has 0 bridgehead atoms. The molecule has 1 aliphatic heterocycles. The lowest BCUT2D eigenvalue weighted by Gasteiger charge is -2.17. The van der Waals surface area contributed by atoms with Crippen molar-refractivity contribution in [1.29, 1.82) is 0 Å². The van der Waals surface area contributed by atoms with E-state index < -0.39 is 17.9 Å². The molecule has 8 heteroatoms. The van der Waals surface area contributed by atoms with E-state index in [0.717, 1.165) is 17.8 Å². The van der Waals surface area contributed by atoms with Crippen LogP contribution in [0, 0.1) is 13.8 Å². The van der Waals surface area contributed by atoms with Gasteiger partial charge >= 0.3 is 5.97 Å². The van der Waals surface area contributed by atoms with Gasteiger partial charge in [-0.2, -0.15) is 5.10 Å². The molecule has 1 amide bonds. The third-order valence-electron chi connectivity index (χ3n) is 4.68. The second kappa shape index (κ2) is 6.72. The largest absolute Gasteiger partial charge is 0.479 e. The first-order valence-electron chi connectivity index (χ1n) is 8.18. The molecule has 2 aromatic heterocycles. The Balaban J connectivity index is 1.87. The molecule has 1 saturated heterocycles. The Labute approximate surface area is 145 Å². The number of carboxylic acids is 1. The molecule has 3 heterocycles. The maximum Gasteiger partial charge on any atom is 0.332 e. The number of amides is 1. The number of rotatable bonds is 5. The zero-order chi connectivity index (χ0) is 18.1. The van der Waals surface area contributed by atoms with Crippen LogP contribution in [0.4, 0.5) is 0 Å². The monoisotopic (exact) mass is 346 g/mol. The standard InChI is InChI=1S/C17H22N4O4/c1-10-8-13(11(2)21(10)12-5-7-25-9-12)16(22)19-15(17(23)24)14-4-6-18-20(14)3/h4,6,8,12,15H,5,7,9H2,1-3H3,(H,19,22)(H,23,24). The third-order valence-corrected chi connectivity index (χ3v) is 4.68. The Hall–Kier alpha value is -2.61. The minimum Gasteiger partial charge on any atom is -0.479 e. The van der Waals surface area contributed by atoms with Gasteiger partial charge in [-0.05, 0) is 32.4 Å². The highest BCUT2D eigenvalue weighted by Crippen LogP contribution is 2.26. The van der Waals surface area contributed by atoms with Gasteiger partial charge < -0.3 is 19.7 Å². The first-order chi connectivity index (χ1) is 11.9. The molecule has 25 heavy (non-hydrogen) atoms. The van der Waals surface area contributed by atoms with Crippen molar-refractivity contribution in [3.05, 3.63) is 41.0 Å². The summed E-state index contributed by atoms with van der Waals surface area (Å²) < 4.78 is 8.98. The predicted octanol–water partition coefficient (Wildman–Crippen LogP) is 1.36. The van der Waals surface area contributed by atoms with Crippen LogP contribution in [0.25, 0.3) is 0 Å². The molecule has 8 nitrogen and oxygen atoms in total. The summed E-state index contributed by atoms with van der Waals surface area (Å²) in [6, 6.07) is 2.44. The van der Waals surface area contributed by atoms with E-state index in [0.29, 0.717) is 24.5 Å². The van der Waals surface area contributed by atoms with Gasteiger partial charge in [0.05, 0.1) is 23.9 Å². The number of aryl methyl sites for hydroxylation is 2. The number of hydrogen-bond donors (Lipinski definition) is 2. The first kappa shape index (κ1) is 17.2. The highest BCUT2D eigenvalue weighted by atomic mass is 16.5. The van der Waals surface area contributed by atoms with Gasteiger partial charge in [-0.25, -0.2) is 4.79 Å². The van der Waals surface area contributed by atoms with E-state index in [-0.39, 0.29) is 6.04 Å². The Morgan fingerprint density at radius 1 is 1.44 bits per heavy atom. The molecule has 134 valence electrons. The maximum absolute atomic E-state index is 12.7. The van der Waals surface area contributed by atoms with Crippen molar-refractivity contribution in [2.45, 2.75) is 32.4 Å². The van der Waals surface area contributed by atoms with Gasteiger partial charge in [0, 0.05) is 31.2 Å². The van der Waals surface area contributed by atoms with Gasteiger partial charge in [-0.1, -0.05) is 0 Å². The lowest BCUT2D eigenvalue weighted by atomic mass is 10.1. The van der Waals surface area contributed by atoms with E-state index >= 15 is 0 Å².